The van der Waals surface area contributed by atoms with Crippen molar-refractivity contribution in [1.82, 2.24) is 9.88 Å². The topological polar surface area (TPSA) is 35.4 Å². The normalized spacial score (nSPS) is 12.2. The van der Waals surface area contributed by atoms with Crippen molar-refractivity contribution < 1.29 is 9.47 Å². The van der Waals surface area contributed by atoms with Gasteiger partial charge in [-0.25, -0.2) is 0 Å². The number of benzene rings is 1. The number of aromatic nitrogens is 1. The van der Waals surface area contributed by atoms with E-state index in [2.05, 4.69) is 48.1 Å². The van der Waals surface area contributed by atoms with Crippen LogP contribution in [0.5, 0.6) is 11.5 Å². The Bertz CT molecular complexity index is 578. The number of rotatable bonds is 7. The highest BCUT2D eigenvalue weighted by Crippen LogP contribution is 2.28. The third-order valence-corrected chi connectivity index (χ3v) is 3.62. The Morgan fingerprint density at radius 3 is 2.57 bits per heavy atom. The largest absolute Gasteiger partial charge is 0.493 e. The minimum absolute atomic E-state index is 0.338. The van der Waals surface area contributed by atoms with E-state index in [0.717, 1.165) is 24.6 Å². The van der Waals surface area contributed by atoms with Gasteiger partial charge in [-0.1, -0.05) is 13.0 Å². The fourth-order valence-electron chi connectivity index (χ4n) is 2.55. The molecule has 2 rings (SSSR count). The molecule has 0 spiro atoms. The standard InChI is InChI=1S/C17H24N2O2/c1-5-18-13(2)15-7-6-10-19(15)12-14-8-9-16(20-3)17(11-14)21-4/h6-11,13,18H,5,12H2,1-4H3. The summed E-state index contributed by atoms with van der Waals surface area (Å²) in [4.78, 5) is 0. The van der Waals surface area contributed by atoms with E-state index >= 15 is 0 Å². The molecule has 0 aliphatic rings. The summed E-state index contributed by atoms with van der Waals surface area (Å²) in [7, 11) is 3.32. The number of ether oxygens (including phenoxy) is 2. The zero-order valence-electron chi connectivity index (χ0n) is 13.2. The van der Waals surface area contributed by atoms with Gasteiger partial charge in [-0.2, -0.15) is 0 Å². The number of nitrogens with zero attached hydrogens (tertiary/aromatic N) is 1. The Balaban J connectivity index is 2.21. The summed E-state index contributed by atoms with van der Waals surface area (Å²) in [6.07, 6.45) is 2.11. The van der Waals surface area contributed by atoms with Crippen LogP contribution in [0.4, 0.5) is 0 Å². The van der Waals surface area contributed by atoms with Gasteiger partial charge >= 0.3 is 0 Å². The highest BCUT2D eigenvalue weighted by molar-refractivity contribution is 5.43. The van der Waals surface area contributed by atoms with E-state index in [-0.39, 0.29) is 0 Å². The van der Waals surface area contributed by atoms with Gasteiger partial charge in [-0.3, -0.25) is 0 Å². The van der Waals surface area contributed by atoms with E-state index in [1.165, 1.54) is 11.3 Å². The van der Waals surface area contributed by atoms with E-state index in [1.807, 2.05) is 12.1 Å². The molecule has 0 radical (unpaired) electrons. The Morgan fingerprint density at radius 2 is 1.90 bits per heavy atom. The Labute approximate surface area is 126 Å². The molecule has 1 heterocycles. The molecule has 0 amide bonds. The second kappa shape index (κ2) is 7.18. The van der Waals surface area contributed by atoms with E-state index in [4.69, 9.17) is 9.47 Å². The number of hydrogen-bond acceptors (Lipinski definition) is 3. The third-order valence-electron chi connectivity index (χ3n) is 3.62. The average Bonchev–Trinajstić information content (AvgIpc) is 2.95. The van der Waals surface area contributed by atoms with Gasteiger partial charge in [-0.15, -0.1) is 0 Å². The third kappa shape index (κ3) is 3.58. The van der Waals surface area contributed by atoms with Crippen molar-refractivity contribution in [2.75, 3.05) is 20.8 Å². The zero-order valence-corrected chi connectivity index (χ0v) is 13.2. The lowest BCUT2D eigenvalue weighted by molar-refractivity contribution is 0.354. The van der Waals surface area contributed by atoms with Crippen molar-refractivity contribution in [3.63, 3.8) is 0 Å². The SMILES string of the molecule is CCNC(C)c1cccn1Cc1ccc(OC)c(OC)c1. The molecule has 0 bridgehead atoms. The second-order valence-corrected chi connectivity index (χ2v) is 5.03. The maximum Gasteiger partial charge on any atom is 0.161 e. The summed E-state index contributed by atoms with van der Waals surface area (Å²) in [5.41, 5.74) is 2.47. The molecule has 2 aromatic rings. The van der Waals surface area contributed by atoms with Crippen molar-refractivity contribution in [3.05, 3.63) is 47.8 Å². The molecule has 4 nitrogen and oxygen atoms in total. The highest BCUT2D eigenvalue weighted by atomic mass is 16.5. The van der Waals surface area contributed by atoms with Crippen molar-refractivity contribution in [2.45, 2.75) is 26.4 Å². The Hall–Kier alpha value is -1.94. The van der Waals surface area contributed by atoms with Gasteiger partial charge in [0.05, 0.1) is 14.2 Å². The van der Waals surface area contributed by atoms with Crippen LogP contribution in [-0.2, 0) is 6.54 Å². The molecule has 0 saturated carbocycles. The van der Waals surface area contributed by atoms with Gasteiger partial charge < -0.3 is 19.4 Å². The summed E-state index contributed by atoms with van der Waals surface area (Å²) in [5.74, 6) is 1.53. The first-order chi connectivity index (χ1) is 10.2. The molecule has 4 heteroatoms. The summed E-state index contributed by atoms with van der Waals surface area (Å²) < 4.78 is 12.9. The molecule has 21 heavy (non-hydrogen) atoms. The van der Waals surface area contributed by atoms with Gasteiger partial charge in [0, 0.05) is 24.5 Å². The lowest BCUT2D eigenvalue weighted by Gasteiger charge is -2.17. The molecule has 0 aliphatic carbocycles. The van der Waals surface area contributed by atoms with Gasteiger partial charge in [0.25, 0.3) is 0 Å². The smallest absolute Gasteiger partial charge is 0.161 e. The van der Waals surface area contributed by atoms with Crippen LogP contribution in [0.1, 0.15) is 31.1 Å². The van der Waals surface area contributed by atoms with Crippen LogP contribution in [0.2, 0.25) is 0 Å². The molecule has 1 N–H and O–H groups in total. The van der Waals surface area contributed by atoms with Crippen LogP contribution in [0.25, 0.3) is 0 Å². The van der Waals surface area contributed by atoms with Crippen LogP contribution in [0.15, 0.2) is 36.5 Å². The quantitative estimate of drug-likeness (QED) is 0.849. The molecule has 1 aromatic heterocycles. The fourth-order valence-corrected chi connectivity index (χ4v) is 2.55. The highest BCUT2D eigenvalue weighted by Gasteiger charge is 2.10. The average molecular weight is 288 g/mol. The molecule has 0 aliphatic heterocycles. The van der Waals surface area contributed by atoms with Crippen molar-refractivity contribution in [2.24, 2.45) is 0 Å². The molecule has 114 valence electrons. The van der Waals surface area contributed by atoms with Crippen LogP contribution in [-0.4, -0.2) is 25.3 Å². The summed E-state index contributed by atoms with van der Waals surface area (Å²) in [6, 6.07) is 10.6. The van der Waals surface area contributed by atoms with E-state index in [0.29, 0.717) is 6.04 Å². The van der Waals surface area contributed by atoms with Crippen molar-refractivity contribution in [1.29, 1.82) is 0 Å². The number of hydrogen-bond donors (Lipinski definition) is 1. The maximum absolute atomic E-state index is 5.37. The molecule has 0 fully saturated rings. The molecular formula is C17H24N2O2. The first-order valence-electron chi connectivity index (χ1n) is 7.29. The lowest BCUT2D eigenvalue weighted by atomic mass is 10.2. The number of nitrogens with one attached hydrogen (secondary N) is 1. The minimum atomic E-state index is 0.338. The zero-order chi connectivity index (χ0) is 15.2. The molecule has 0 saturated heterocycles. The first kappa shape index (κ1) is 15.4. The van der Waals surface area contributed by atoms with Crippen molar-refractivity contribution >= 4 is 0 Å². The predicted molar refractivity (Wildman–Crippen MR) is 85.2 cm³/mol. The number of methoxy groups -OCH3 is 2. The van der Waals surface area contributed by atoms with E-state index in [9.17, 15) is 0 Å². The lowest BCUT2D eigenvalue weighted by Crippen LogP contribution is -2.20. The van der Waals surface area contributed by atoms with E-state index in [1.54, 1.807) is 14.2 Å². The van der Waals surface area contributed by atoms with Gasteiger partial charge in [0.1, 0.15) is 0 Å². The Morgan fingerprint density at radius 1 is 1.14 bits per heavy atom. The molecular weight excluding hydrogens is 264 g/mol. The predicted octanol–water partition coefficient (Wildman–Crippen LogP) is 3.22. The van der Waals surface area contributed by atoms with Crippen LogP contribution >= 0.6 is 0 Å². The van der Waals surface area contributed by atoms with Gasteiger partial charge in [0.15, 0.2) is 11.5 Å². The van der Waals surface area contributed by atoms with Gasteiger partial charge in [-0.05, 0) is 43.3 Å². The molecule has 1 atom stereocenters. The first-order valence-corrected chi connectivity index (χ1v) is 7.29. The van der Waals surface area contributed by atoms with Crippen LogP contribution < -0.4 is 14.8 Å². The van der Waals surface area contributed by atoms with Crippen LogP contribution in [0.3, 0.4) is 0 Å². The summed E-state index contributed by atoms with van der Waals surface area (Å²) >= 11 is 0. The summed E-state index contributed by atoms with van der Waals surface area (Å²) in [5, 5.41) is 3.45. The molecule has 1 aromatic carbocycles. The fraction of sp³-hybridized carbons (Fsp3) is 0.412. The second-order valence-electron chi connectivity index (χ2n) is 5.03. The Kier molecular flexibility index (Phi) is 5.28. The minimum Gasteiger partial charge on any atom is -0.493 e. The van der Waals surface area contributed by atoms with E-state index < -0.39 is 0 Å². The van der Waals surface area contributed by atoms with Crippen molar-refractivity contribution in [3.8, 4) is 11.5 Å². The monoisotopic (exact) mass is 288 g/mol. The summed E-state index contributed by atoms with van der Waals surface area (Å²) in [6.45, 7) is 6.09. The molecule has 1 unspecified atom stereocenters. The van der Waals surface area contributed by atoms with Gasteiger partial charge in [0.2, 0.25) is 0 Å². The maximum atomic E-state index is 5.37. The van der Waals surface area contributed by atoms with Crippen LogP contribution in [0, 0.1) is 0 Å².